The number of piperidine rings is 1. The molecule has 4 nitrogen and oxygen atoms in total. The standard InChI is InChI=1S/C14H19NO3S/c1-2-14(16)12-7-6-8-13(11-12)19(17,18)15-9-4-3-5-10-15/h6-8,11H,2-5,9-10H2,1H3. The van der Waals surface area contributed by atoms with Crippen molar-refractivity contribution >= 4 is 15.8 Å². The van der Waals surface area contributed by atoms with Gasteiger partial charge in [-0.3, -0.25) is 4.79 Å². The Morgan fingerprint density at radius 3 is 2.53 bits per heavy atom. The fraction of sp³-hybridized carbons (Fsp3) is 0.500. The molecule has 0 spiro atoms. The van der Waals surface area contributed by atoms with Gasteiger partial charge in [-0.15, -0.1) is 0 Å². The molecule has 0 aromatic heterocycles. The van der Waals surface area contributed by atoms with Crippen molar-refractivity contribution < 1.29 is 13.2 Å². The summed E-state index contributed by atoms with van der Waals surface area (Å²) in [5.74, 6) is -0.0318. The third-order valence-corrected chi connectivity index (χ3v) is 5.32. The molecule has 0 bridgehead atoms. The summed E-state index contributed by atoms with van der Waals surface area (Å²) in [5.41, 5.74) is 0.473. The van der Waals surface area contributed by atoms with E-state index < -0.39 is 10.0 Å². The van der Waals surface area contributed by atoms with Gasteiger partial charge in [0.2, 0.25) is 10.0 Å². The Bertz CT molecular complexity index is 560. The summed E-state index contributed by atoms with van der Waals surface area (Å²) in [6, 6.07) is 6.37. The van der Waals surface area contributed by atoms with Crippen LogP contribution in [-0.4, -0.2) is 31.6 Å². The van der Waals surface area contributed by atoms with Crippen LogP contribution < -0.4 is 0 Å². The van der Waals surface area contributed by atoms with E-state index in [1.54, 1.807) is 25.1 Å². The van der Waals surface area contributed by atoms with Crippen molar-refractivity contribution in [3.05, 3.63) is 29.8 Å². The molecule has 0 saturated carbocycles. The van der Waals surface area contributed by atoms with Crippen molar-refractivity contribution in [2.45, 2.75) is 37.5 Å². The summed E-state index contributed by atoms with van der Waals surface area (Å²) < 4.78 is 26.4. The van der Waals surface area contributed by atoms with Gasteiger partial charge in [0.15, 0.2) is 5.78 Å². The number of benzene rings is 1. The SMILES string of the molecule is CCC(=O)c1cccc(S(=O)(=O)N2CCCCC2)c1. The third-order valence-electron chi connectivity index (χ3n) is 3.43. The van der Waals surface area contributed by atoms with Crippen molar-refractivity contribution in [1.82, 2.24) is 4.31 Å². The minimum atomic E-state index is -3.45. The molecule has 104 valence electrons. The maximum absolute atomic E-state index is 12.5. The molecule has 1 aliphatic rings. The van der Waals surface area contributed by atoms with Gasteiger partial charge in [0.1, 0.15) is 0 Å². The zero-order valence-corrected chi connectivity index (χ0v) is 11.9. The third kappa shape index (κ3) is 3.04. The number of Topliss-reactive ketones (excluding diaryl/α,β-unsaturated/α-hetero) is 1. The lowest BCUT2D eigenvalue weighted by Crippen LogP contribution is -2.35. The van der Waals surface area contributed by atoms with Crippen LogP contribution in [-0.2, 0) is 10.0 Å². The molecule has 1 saturated heterocycles. The first-order chi connectivity index (χ1) is 9.05. The van der Waals surface area contributed by atoms with Crippen LogP contribution in [0.3, 0.4) is 0 Å². The van der Waals surface area contributed by atoms with Gasteiger partial charge in [-0.1, -0.05) is 25.5 Å². The van der Waals surface area contributed by atoms with E-state index in [1.165, 1.54) is 10.4 Å². The highest BCUT2D eigenvalue weighted by Gasteiger charge is 2.26. The minimum absolute atomic E-state index is 0.0318. The van der Waals surface area contributed by atoms with Gasteiger partial charge in [-0.2, -0.15) is 4.31 Å². The number of nitrogens with zero attached hydrogens (tertiary/aromatic N) is 1. The molecule has 19 heavy (non-hydrogen) atoms. The summed E-state index contributed by atoms with van der Waals surface area (Å²) >= 11 is 0. The van der Waals surface area contributed by atoms with Crippen molar-refractivity contribution in [3.63, 3.8) is 0 Å². The number of sulfonamides is 1. The molecule has 1 fully saturated rings. The molecule has 0 N–H and O–H groups in total. The predicted octanol–water partition coefficient (Wildman–Crippen LogP) is 2.45. The molecule has 1 aromatic rings. The van der Waals surface area contributed by atoms with Crippen LogP contribution in [0.25, 0.3) is 0 Å². The number of ketones is 1. The Morgan fingerprint density at radius 2 is 1.89 bits per heavy atom. The molecule has 0 unspecified atom stereocenters. The highest BCUT2D eigenvalue weighted by atomic mass is 32.2. The lowest BCUT2D eigenvalue weighted by Gasteiger charge is -2.26. The maximum atomic E-state index is 12.5. The van der Waals surface area contributed by atoms with E-state index >= 15 is 0 Å². The summed E-state index contributed by atoms with van der Waals surface area (Å²) in [5, 5.41) is 0. The average molecular weight is 281 g/mol. The van der Waals surface area contributed by atoms with Crippen LogP contribution in [0.2, 0.25) is 0 Å². The largest absolute Gasteiger partial charge is 0.294 e. The monoisotopic (exact) mass is 281 g/mol. The minimum Gasteiger partial charge on any atom is -0.294 e. The van der Waals surface area contributed by atoms with Crippen molar-refractivity contribution in [2.75, 3.05) is 13.1 Å². The van der Waals surface area contributed by atoms with E-state index in [-0.39, 0.29) is 10.7 Å². The first-order valence-corrected chi connectivity index (χ1v) is 8.13. The molecule has 0 radical (unpaired) electrons. The summed E-state index contributed by atoms with van der Waals surface area (Å²) in [6.45, 7) is 2.93. The second-order valence-corrected chi connectivity index (χ2v) is 6.71. The van der Waals surface area contributed by atoms with Gasteiger partial charge >= 0.3 is 0 Å². The molecule has 0 amide bonds. The van der Waals surface area contributed by atoms with Gasteiger partial charge in [-0.05, 0) is 25.0 Å². The molecule has 0 aliphatic carbocycles. The van der Waals surface area contributed by atoms with E-state index in [9.17, 15) is 13.2 Å². The van der Waals surface area contributed by atoms with E-state index in [4.69, 9.17) is 0 Å². The second-order valence-electron chi connectivity index (χ2n) is 4.77. The molecular weight excluding hydrogens is 262 g/mol. The normalized spacial score (nSPS) is 17.3. The fourth-order valence-electron chi connectivity index (χ4n) is 2.29. The van der Waals surface area contributed by atoms with E-state index in [0.29, 0.717) is 25.1 Å². The van der Waals surface area contributed by atoms with E-state index in [0.717, 1.165) is 19.3 Å². The fourth-order valence-corrected chi connectivity index (χ4v) is 3.85. The van der Waals surface area contributed by atoms with Crippen LogP contribution in [0, 0.1) is 0 Å². The maximum Gasteiger partial charge on any atom is 0.243 e. The molecule has 0 atom stereocenters. The van der Waals surface area contributed by atoms with Crippen LogP contribution in [0.4, 0.5) is 0 Å². The first-order valence-electron chi connectivity index (χ1n) is 6.69. The predicted molar refractivity (Wildman–Crippen MR) is 73.7 cm³/mol. The van der Waals surface area contributed by atoms with Gasteiger partial charge in [-0.25, -0.2) is 8.42 Å². The summed E-state index contributed by atoms with van der Waals surface area (Å²) in [7, 11) is -3.45. The quantitative estimate of drug-likeness (QED) is 0.797. The second kappa shape index (κ2) is 5.84. The molecule has 1 aliphatic heterocycles. The lowest BCUT2D eigenvalue weighted by atomic mass is 10.1. The molecule has 1 aromatic carbocycles. The number of carbonyl (C=O) groups is 1. The Hall–Kier alpha value is -1.20. The number of hydrogen-bond acceptors (Lipinski definition) is 3. The molecule has 5 heteroatoms. The summed E-state index contributed by atoms with van der Waals surface area (Å²) in [6.07, 6.45) is 3.28. The topological polar surface area (TPSA) is 54.5 Å². The van der Waals surface area contributed by atoms with Gasteiger partial charge in [0.25, 0.3) is 0 Å². The average Bonchev–Trinajstić information content (AvgIpc) is 2.47. The van der Waals surface area contributed by atoms with Crippen LogP contribution in [0.1, 0.15) is 43.0 Å². The number of carbonyl (C=O) groups excluding carboxylic acids is 1. The number of hydrogen-bond donors (Lipinski definition) is 0. The molecular formula is C14H19NO3S. The zero-order chi connectivity index (χ0) is 13.9. The van der Waals surface area contributed by atoms with Crippen molar-refractivity contribution in [1.29, 1.82) is 0 Å². The Kier molecular flexibility index (Phi) is 4.37. The van der Waals surface area contributed by atoms with Crippen molar-refractivity contribution in [2.24, 2.45) is 0 Å². The highest BCUT2D eigenvalue weighted by Crippen LogP contribution is 2.21. The van der Waals surface area contributed by atoms with Gasteiger partial charge in [0.05, 0.1) is 4.90 Å². The summed E-state index contributed by atoms with van der Waals surface area (Å²) in [4.78, 5) is 11.9. The Balaban J connectivity index is 2.32. The Labute approximate surface area is 114 Å². The molecule has 1 heterocycles. The van der Waals surface area contributed by atoms with E-state index in [1.807, 2.05) is 0 Å². The zero-order valence-electron chi connectivity index (χ0n) is 11.1. The van der Waals surface area contributed by atoms with Crippen LogP contribution >= 0.6 is 0 Å². The van der Waals surface area contributed by atoms with Gasteiger partial charge in [0, 0.05) is 25.1 Å². The van der Waals surface area contributed by atoms with E-state index in [2.05, 4.69) is 0 Å². The molecule has 2 rings (SSSR count). The lowest BCUT2D eigenvalue weighted by molar-refractivity contribution is 0.0988. The van der Waals surface area contributed by atoms with Crippen molar-refractivity contribution in [3.8, 4) is 0 Å². The Morgan fingerprint density at radius 1 is 1.21 bits per heavy atom. The van der Waals surface area contributed by atoms with Crippen LogP contribution in [0.15, 0.2) is 29.2 Å². The van der Waals surface area contributed by atoms with Gasteiger partial charge < -0.3 is 0 Å². The first kappa shape index (κ1) is 14.2. The van der Waals surface area contributed by atoms with Crippen LogP contribution in [0.5, 0.6) is 0 Å². The number of rotatable bonds is 4. The smallest absolute Gasteiger partial charge is 0.243 e. The highest BCUT2D eigenvalue weighted by molar-refractivity contribution is 7.89.